The van der Waals surface area contributed by atoms with Crippen molar-refractivity contribution in [1.29, 1.82) is 0 Å². The van der Waals surface area contributed by atoms with Crippen LogP contribution in [0.15, 0.2) is 10.9 Å². The summed E-state index contributed by atoms with van der Waals surface area (Å²) in [5.41, 5.74) is 0.876. The number of rotatable bonds is 0. The van der Waals surface area contributed by atoms with Gasteiger partial charge in [0.25, 0.3) is 5.56 Å². The van der Waals surface area contributed by atoms with E-state index in [1.54, 1.807) is 13.1 Å². The van der Waals surface area contributed by atoms with Crippen LogP contribution in [0.4, 0.5) is 0 Å². The lowest BCUT2D eigenvalue weighted by Crippen LogP contribution is -2.19. The van der Waals surface area contributed by atoms with E-state index in [2.05, 4.69) is 27.7 Å². The predicted molar refractivity (Wildman–Crippen MR) is 46.9 cm³/mol. The molecule has 1 rings (SSSR count). The van der Waals surface area contributed by atoms with E-state index in [0.29, 0.717) is 0 Å². The summed E-state index contributed by atoms with van der Waals surface area (Å²) >= 11 is 2.10. The molecule has 0 amide bonds. The fourth-order valence-corrected chi connectivity index (χ4v) is 1.08. The van der Waals surface area contributed by atoms with Crippen LogP contribution in [0.25, 0.3) is 0 Å². The fourth-order valence-electron chi connectivity index (χ4n) is 0.598. The Balaban J connectivity index is 3.43. The Morgan fingerprint density at radius 2 is 2.30 bits per heavy atom. The second kappa shape index (κ2) is 2.69. The van der Waals surface area contributed by atoms with Gasteiger partial charge in [0.2, 0.25) is 0 Å². The topological polar surface area (TPSA) is 34.9 Å². The number of nitrogens with zero attached hydrogens (tertiary/aromatic N) is 2. The second-order valence-corrected chi connectivity index (χ2v) is 3.10. The maximum atomic E-state index is 10.9. The first-order chi connectivity index (χ1) is 4.61. The SMILES string of the molecule is Cc1cc(=O)n(C)nc1I. The van der Waals surface area contributed by atoms with Crippen molar-refractivity contribution in [2.45, 2.75) is 6.92 Å². The van der Waals surface area contributed by atoms with Gasteiger partial charge in [-0.1, -0.05) is 0 Å². The fraction of sp³-hybridized carbons (Fsp3) is 0.333. The molecule has 0 bridgehead atoms. The molecule has 0 unspecified atom stereocenters. The van der Waals surface area contributed by atoms with Gasteiger partial charge in [-0.25, -0.2) is 4.68 Å². The zero-order valence-corrected chi connectivity index (χ0v) is 7.92. The van der Waals surface area contributed by atoms with Crippen LogP contribution in [-0.2, 0) is 7.05 Å². The quantitative estimate of drug-likeness (QED) is 0.635. The van der Waals surface area contributed by atoms with Crippen molar-refractivity contribution >= 4 is 22.6 Å². The van der Waals surface area contributed by atoms with E-state index < -0.39 is 0 Å². The van der Waals surface area contributed by atoms with Crippen molar-refractivity contribution in [2.75, 3.05) is 0 Å². The van der Waals surface area contributed by atoms with Crippen LogP contribution in [0.5, 0.6) is 0 Å². The molecule has 0 atom stereocenters. The summed E-state index contributed by atoms with van der Waals surface area (Å²) in [4.78, 5) is 10.9. The molecule has 0 aliphatic heterocycles. The highest BCUT2D eigenvalue weighted by atomic mass is 127. The highest BCUT2D eigenvalue weighted by Gasteiger charge is 1.97. The van der Waals surface area contributed by atoms with Gasteiger partial charge in [-0.2, -0.15) is 5.10 Å². The molecule has 1 aromatic rings. The minimum absolute atomic E-state index is 0.0575. The zero-order valence-electron chi connectivity index (χ0n) is 5.76. The van der Waals surface area contributed by atoms with E-state index in [1.165, 1.54) is 4.68 Å². The molecule has 0 fully saturated rings. The van der Waals surface area contributed by atoms with Crippen molar-refractivity contribution in [3.8, 4) is 0 Å². The average Bonchev–Trinajstić information content (AvgIpc) is 1.84. The Hall–Kier alpha value is -0.390. The van der Waals surface area contributed by atoms with Gasteiger partial charge in [0.1, 0.15) is 3.70 Å². The molecule has 1 aromatic heterocycles. The maximum Gasteiger partial charge on any atom is 0.266 e. The van der Waals surface area contributed by atoms with E-state index in [9.17, 15) is 4.79 Å². The first kappa shape index (κ1) is 7.71. The zero-order chi connectivity index (χ0) is 7.72. The van der Waals surface area contributed by atoms with Gasteiger partial charge >= 0.3 is 0 Å². The second-order valence-electron chi connectivity index (χ2n) is 2.08. The van der Waals surface area contributed by atoms with Crippen molar-refractivity contribution in [1.82, 2.24) is 9.78 Å². The third-order valence-corrected chi connectivity index (χ3v) is 2.29. The molecule has 0 aliphatic carbocycles. The molecule has 0 saturated carbocycles. The van der Waals surface area contributed by atoms with E-state index in [-0.39, 0.29) is 5.56 Å². The molecule has 0 aromatic carbocycles. The first-order valence-electron chi connectivity index (χ1n) is 2.81. The Kier molecular flexibility index (Phi) is 2.08. The molecule has 54 valence electrons. The Morgan fingerprint density at radius 3 is 2.80 bits per heavy atom. The van der Waals surface area contributed by atoms with Crippen LogP contribution in [0.3, 0.4) is 0 Å². The molecule has 0 spiro atoms. The van der Waals surface area contributed by atoms with Crippen molar-refractivity contribution < 1.29 is 0 Å². The minimum Gasteiger partial charge on any atom is -0.268 e. The maximum absolute atomic E-state index is 10.9. The van der Waals surface area contributed by atoms with E-state index in [0.717, 1.165) is 9.26 Å². The highest BCUT2D eigenvalue weighted by Crippen LogP contribution is 2.02. The molecule has 0 aliphatic rings. The summed E-state index contributed by atoms with van der Waals surface area (Å²) in [7, 11) is 1.64. The molecule has 0 N–H and O–H groups in total. The van der Waals surface area contributed by atoms with Crippen LogP contribution in [0.2, 0.25) is 0 Å². The number of hydrogen-bond acceptors (Lipinski definition) is 2. The van der Waals surface area contributed by atoms with Crippen LogP contribution >= 0.6 is 22.6 Å². The van der Waals surface area contributed by atoms with Gasteiger partial charge in [0.05, 0.1) is 0 Å². The molecule has 0 saturated heterocycles. The summed E-state index contributed by atoms with van der Waals surface area (Å²) < 4.78 is 2.20. The molecule has 10 heavy (non-hydrogen) atoms. The van der Waals surface area contributed by atoms with Gasteiger partial charge in [0, 0.05) is 13.1 Å². The lowest BCUT2D eigenvalue weighted by Gasteiger charge is -1.97. The van der Waals surface area contributed by atoms with Crippen molar-refractivity contribution in [3.63, 3.8) is 0 Å². The Morgan fingerprint density at radius 1 is 1.70 bits per heavy atom. The van der Waals surface area contributed by atoms with Gasteiger partial charge in [-0.05, 0) is 35.1 Å². The van der Waals surface area contributed by atoms with E-state index >= 15 is 0 Å². The van der Waals surface area contributed by atoms with E-state index in [1.807, 2.05) is 6.92 Å². The molecule has 4 heteroatoms. The summed E-state index contributed by atoms with van der Waals surface area (Å²) in [5.74, 6) is 0. The average molecular weight is 250 g/mol. The number of hydrogen-bond donors (Lipinski definition) is 0. The number of aromatic nitrogens is 2. The largest absolute Gasteiger partial charge is 0.268 e. The molecule has 3 nitrogen and oxygen atoms in total. The van der Waals surface area contributed by atoms with Gasteiger partial charge in [0.15, 0.2) is 0 Å². The van der Waals surface area contributed by atoms with Gasteiger partial charge in [-0.15, -0.1) is 0 Å². The summed E-state index contributed by atoms with van der Waals surface area (Å²) in [6, 6.07) is 1.58. The summed E-state index contributed by atoms with van der Waals surface area (Å²) in [6.07, 6.45) is 0. The van der Waals surface area contributed by atoms with Gasteiger partial charge in [-0.3, -0.25) is 4.79 Å². The monoisotopic (exact) mass is 250 g/mol. The Bertz CT molecular complexity index is 305. The van der Waals surface area contributed by atoms with Crippen LogP contribution in [0, 0.1) is 10.6 Å². The Labute approximate surface area is 72.2 Å². The minimum atomic E-state index is -0.0575. The predicted octanol–water partition coefficient (Wildman–Crippen LogP) is 0.693. The molecule has 0 radical (unpaired) electrons. The van der Waals surface area contributed by atoms with Crippen molar-refractivity contribution in [2.24, 2.45) is 7.05 Å². The summed E-state index contributed by atoms with van der Waals surface area (Å²) in [6.45, 7) is 1.87. The smallest absolute Gasteiger partial charge is 0.266 e. The molecular weight excluding hydrogens is 243 g/mol. The lowest BCUT2D eigenvalue weighted by molar-refractivity contribution is 0.691. The van der Waals surface area contributed by atoms with Crippen LogP contribution in [0.1, 0.15) is 5.56 Å². The van der Waals surface area contributed by atoms with Crippen LogP contribution < -0.4 is 5.56 Å². The van der Waals surface area contributed by atoms with E-state index in [4.69, 9.17) is 0 Å². The standard InChI is InChI=1S/C6H7IN2O/c1-4-3-5(10)9(2)8-6(4)7/h3H,1-2H3. The summed E-state index contributed by atoms with van der Waals surface area (Å²) in [5, 5.41) is 3.96. The van der Waals surface area contributed by atoms with Crippen LogP contribution in [-0.4, -0.2) is 9.78 Å². The van der Waals surface area contributed by atoms with Crippen molar-refractivity contribution in [3.05, 3.63) is 25.7 Å². The third kappa shape index (κ3) is 1.36. The normalized spacial score (nSPS) is 9.90. The first-order valence-corrected chi connectivity index (χ1v) is 3.89. The highest BCUT2D eigenvalue weighted by molar-refractivity contribution is 14.1. The third-order valence-electron chi connectivity index (χ3n) is 1.22. The van der Waals surface area contributed by atoms with Gasteiger partial charge < -0.3 is 0 Å². The molecular formula is C6H7IN2O. The molecule has 1 heterocycles. The lowest BCUT2D eigenvalue weighted by atomic mass is 10.4. The number of halogens is 1. The number of aryl methyl sites for hydroxylation is 2.